The summed E-state index contributed by atoms with van der Waals surface area (Å²) in [5.41, 5.74) is -3.40. The molecule has 0 saturated carbocycles. The Labute approximate surface area is 76.6 Å². The Balaban J connectivity index is 4.23. The van der Waals surface area contributed by atoms with Crippen molar-refractivity contribution in [2.24, 2.45) is 0 Å². The molecule has 1 aromatic rings. The van der Waals surface area contributed by atoms with E-state index in [9.17, 15) is 9.59 Å². The Morgan fingerprint density at radius 3 is 1.36 bits per heavy atom. The SMILES string of the molecule is N#Cc1c(C#N)c(=O)c(=N)c(=N)c1=O. The van der Waals surface area contributed by atoms with E-state index in [0.717, 1.165) is 0 Å². The van der Waals surface area contributed by atoms with Gasteiger partial charge in [0.1, 0.15) is 34.0 Å². The summed E-state index contributed by atoms with van der Waals surface area (Å²) in [6, 6.07) is 2.77. The Morgan fingerprint density at radius 2 is 1.14 bits per heavy atom. The van der Waals surface area contributed by atoms with E-state index in [4.69, 9.17) is 21.3 Å². The first kappa shape index (κ1) is 9.49. The van der Waals surface area contributed by atoms with Gasteiger partial charge in [-0.3, -0.25) is 20.4 Å². The number of hydrogen-bond donors (Lipinski definition) is 2. The molecule has 0 radical (unpaired) electrons. The predicted molar refractivity (Wildman–Crippen MR) is 42.5 cm³/mol. The van der Waals surface area contributed by atoms with Gasteiger partial charge in [0.25, 0.3) is 0 Å². The minimum atomic E-state index is -1.05. The largest absolute Gasteiger partial charge is 0.295 e. The third-order valence-electron chi connectivity index (χ3n) is 1.63. The van der Waals surface area contributed by atoms with Crippen molar-refractivity contribution in [3.63, 3.8) is 0 Å². The van der Waals surface area contributed by atoms with Crippen molar-refractivity contribution >= 4 is 0 Å². The van der Waals surface area contributed by atoms with E-state index in [0.29, 0.717) is 0 Å². The number of nitrogens with one attached hydrogen (secondary N) is 2. The molecule has 0 aliphatic rings. The number of nitrogens with zero attached hydrogens (tertiary/aromatic N) is 2. The van der Waals surface area contributed by atoms with Crippen LogP contribution in [0.25, 0.3) is 0 Å². The van der Waals surface area contributed by atoms with Crippen molar-refractivity contribution in [1.29, 1.82) is 21.3 Å². The summed E-state index contributed by atoms with van der Waals surface area (Å²) in [6.45, 7) is 0. The van der Waals surface area contributed by atoms with Crippen LogP contribution >= 0.6 is 0 Å². The summed E-state index contributed by atoms with van der Waals surface area (Å²) in [4.78, 5) is 22.3. The molecule has 6 nitrogen and oxygen atoms in total. The van der Waals surface area contributed by atoms with Gasteiger partial charge >= 0.3 is 0 Å². The second-order valence-corrected chi connectivity index (χ2v) is 2.38. The average Bonchev–Trinajstić information content (AvgIpc) is 2.20. The third kappa shape index (κ3) is 1.03. The maximum Gasteiger partial charge on any atom is 0.224 e. The molecule has 0 atom stereocenters. The zero-order valence-electron chi connectivity index (χ0n) is 6.71. The minimum absolute atomic E-state index is 0.654. The highest BCUT2D eigenvalue weighted by atomic mass is 16.1. The molecule has 0 amide bonds. The zero-order chi connectivity index (χ0) is 10.9. The fourth-order valence-corrected chi connectivity index (χ4v) is 0.917. The lowest BCUT2D eigenvalue weighted by Gasteiger charge is -1.89. The molecule has 1 rings (SSSR count). The highest BCUT2D eigenvalue weighted by molar-refractivity contribution is 5.44. The first-order chi connectivity index (χ1) is 6.54. The van der Waals surface area contributed by atoms with Crippen molar-refractivity contribution in [2.75, 3.05) is 0 Å². The quantitative estimate of drug-likeness (QED) is 0.484. The van der Waals surface area contributed by atoms with E-state index in [1.807, 2.05) is 0 Å². The van der Waals surface area contributed by atoms with Gasteiger partial charge in [0.05, 0.1) is 0 Å². The lowest BCUT2D eigenvalue weighted by Crippen LogP contribution is -2.49. The number of nitriles is 2. The first-order valence-corrected chi connectivity index (χ1v) is 3.36. The van der Waals surface area contributed by atoms with Crippen molar-refractivity contribution in [3.8, 4) is 12.1 Å². The Bertz CT molecular complexity index is 620. The lowest BCUT2D eigenvalue weighted by molar-refractivity contribution is 1.07. The van der Waals surface area contributed by atoms with Gasteiger partial charge in [-0.25, -0.2) is 0 Å². The molecule has 0 aliphatic heterocycles. The predicted octanol–water partition coefficient (Wildman–Crippen LogP) is -2.02. The van der Waals surface area contributed by atoms with Crippen LogP contribution in [0, 0.1) is 33.5 Å². The average molecular weight is 186 g/mol. The minimum Gasteiger partial charge on any atom is -0.295 e. The summed E-state index contributed by atoms with van der Waals surface area (Å²) in [5, 5.41) is 29.4. The van der Waals surface area contributed by atoms with Gasteiger partial charge in [0.15, 0.2) is 0 Å². The van der Waals surface area contributed by atoms with E-state index in [1.54, 1.807) is 0 Å². The molecule has 0 fully saturated rings. The fourth-order valence-electron chi connectivity index (χ4n) is 0.917. The van der Waals surface area contributed by atoms with Gasteiger partial charge in [-0.15, -0.1) is 0 Å². The molecule has 66 valence electrons. The van der Waals surface area contributed by atoms with Gasteiger partial charge in [-0.2, -0.15) is 10.5 Å². The standard InChI is InChI=1S/C8H2N4O2/c9-1-3-4(2-10)8(14)6(12)5(11)7(3)13/h11-12H. The molecule has 0 aromatic heterocycles. The molecular weight excluding hydrogens is 184 g/mol. The zero-order valence-corrected chi connectivity index (χ0v) is 6.71. The maximum atomic E-state index is 11.1. The molecule has 0 saturated heterocycles. The molecule has 6 heteroatoms. The molecule has 0 unspecified atom stereocenters. The highest BCUT2D eigenvalue weighted by Gasteiger charge is 2.14. The third-order valence-corrected chi connectivity index (χ3v) is 1.63. The van der Waals surface area contributed by atoms with Crippen LogP contribution < -0.4 is 21.6 Å². The summed E-state index contributed by atoms with van der Waals surface area (Å²) in [6.07, 6.45) is 0. The van der Waals surface area contributed by atoms with E-state index >= 15 is 0 Å². The monoisotopic (exact) mass is 186 g/mol. The molecule has 0 spiro atoms. The summed E-state index contributed by atoms with van der Waals surface area (Å²) in [5.74, 6) is 0. The van der Waals surface area contributed by atoms with Crippen molar-refractivity contribution in [1.82, 2.24) is 0 Å². The van der Waals surface area contributed by atoms with Gasteiger partial charge in [-0.05, 0) is 0 Å². The molecule has 0 heterocycles. The first-order valence-electron chi connectivity index (χ1n) is 3.36. The van der Waals surface area contributed by atoms with Gasteiger partial charge < -0.3 is 0 Å². The van der Waals surface area contributed by atoms with E-state index in [-0.39, 0.29) is 0 Å². The van der Waals surface area contributed by atoms with Gasteiger partial charge in [-0.1, -0.05) is 0 Å². The lowest BCUT2D eigenvalue weighted by atomic mass is 10.1. The second kappa shape index (κ2) is 3.04. The molecule has 2 N–H and O–H groups in total. The number of rotatable bonds is 0. The van der Waals surface area contributed by atoms with Crippen molar-refractivity contribution in [2.45, 2.75) is 0 Å². The van der Waals surface area contributed by atoms with Gasteiger partial charge in [0.2, 0.25) is 10.9 Å². The van der Waals surface area contributed by atoms with Crippen LogP contribution in [-0.2, 0) is 0 Å². The number of hydrogen-bond acceptors (Lipinski definition) is 6. The Morgan fingerprint density at radius 1 is 0.857 bits per heavy atom. The smallest absolute Gasteiger partial charge is 0.224 e. The van der Waals surface area contributed by atoms with Crippen LogP contribution in [0.4, 0.5) is 0 Å². The number of benzene rings is 1. The fraction of sp³-hybridized carbons (Fsp3) is 0. The maximum absolute atomic E-state index is 11.1. The molecule has 0 aliphatic carbocycles. The van der Waals surface area contributed by atoms with E-state index in [1.165, 1.54) is 12.1 Å². The molecule has 14 heavy (non-hydrogen) atoms. The van der Waals surface area contributed by atoms with Crippen molar-refractivity contribution < 1.29 is 0 Å². The summed E-state index contributed by atoms with van der Waals surface area (Å²) >= 11 is 0. The second-order valence-electron chi connectivity index (χ2n) is 2.38. The van der Waals surface area contributed by atoms with E-state index in [2.05, 4.69) is 0 Å². The van der Waals surface area contributed by atoms with Crippen LogP contribution in [0.15, 0.2) is 9.59 Å². The van der Waals surface area contributed by atoms with Crippen molar-refractivity contribution in [3.05, 3.63) is 42.3 Å². The van der Waals surface area contributed by atoms with Crippen LogP contribution in [0.3, 0.4) is 0 Å². The van der Waals surface area contributed by atoms with Crippen LogP contribution in [0.5, 0.6) is 0 Å². The Hall–Kier alpha value is -2.60. The van der Waals surface area contributed by atoms with Crippen LogP contribution in [0.1, 0.15) is 11.1 Å². The molecular formula is C8H2N4O2. The highest BCUT2D eigenvalue weighted by Crippen LogP contribution is 1.88. The van der Waals surface area contributed by atoms with E-state index < -0.39 is 32.7 Å². The molecule has 1 aromatic carbocycles. The van der Waals surface area contributed by atoms with Gasteiger partial charge in [0, 0.05) is 0 Å². The Kier molecular flexibility index (Phi) is 2.06. The van der Waals surface area contributed by atoms with Crippen LogP contribution in [0.2, 0.25) is 0 Å². The molecule has 0 bridgehead atoms. The topological polar surface area (TPSA) is 129 Å². The normalized spacial score (nSPS) is 9.00. The summed E-state index contributed by atoms with van der Waals surface area (Å²) in [7, 11) is 0. The van der Waals surface area contributed by atoms with Crippen LogP contribution in [-0.4, -0.2) is 0 Å². The summed E-state index contributed by atoms with van der Waals surface area (Å²) < 4.78 is 0.